The lowest BCUT2D eigenvalue weighted by Gasteiger charge is -2.33. The normalized spacial score (nSPS) is 11.1. The molecule has 0 N–H and O–H groups in total. The van der Waals surface area contributed by atoms with Gasteiger partial charge in [0, 0.05) is 37.4 Å². The summed E-state index contributed by atoms with van der Waals surface area (Å²) in [6, 6.07) is 26.6. The van der Waals surface area contributed by atoms with Crippen LogP contribution in [-0.2, 0) is 0 Å². The smallest absolute Gasteiger partial charge is 0.118 e. The van der Waals surface area contributed by atoms with E-state index in [9.17, 15) is 0 Å². The fourth-order valence-electron chi connectivity index (χ4n) is 3.42. The highest BCUT2D eigenvalue weighted by atomic mass is 32.2. The van der Waals surface area contributed by atoms with Gasteiger partial charge in [-0.25, -0.2) is 0 Å². The zero-order valence-electron chi connectivity index (χ0n) is 17.8. The molecule has 0 aliphatic rings. The molecule has 2 nitrogen and oxygen atoms in total. The lowest BCUT2D eigenvalue weighted by molar-refractivity contribution is 0.414. The molecule has 0 saturated carbocycles. The van der Waals surface area contributed by atoms with Gasteiger partial charge in [-0.2, -0.15) is 0 Å². The molecule has 0 spiro atoms. The maximum Gasteiger partial charge on any atom is 0.118 e. The Morgan fingerprint density at radius 2 is 1.28 bits per heavy atom. The third kappa shape index (κ3) is 5.74. The Labute approximate surface area is 183 Å². The van der Waals surface area contributed by atoms with Crippen molar-refractivity contribution in [2.75, 3.05) is 12.0 Å². The second-order valence-electron chi connectivity index (χ2n) is 7.42. The molecule has 0 atom stereocenters. The van der Waals surface area contributed by atoms with Crippen LogP contribution in [0.25, 0.3) is 0 Å². The van der Waals surface area contributed by atoms with Gasteiger partial charge in [-0.05, 0) is 82.3 Å². The predicted molar refractivity (Wildman–Crippen MR) is 127 cm³/mol. The van der Waals surface area contributed by atoms with Crippen molar-refractivity contribution in [1.29, 1.82) is 0 Å². The summed E-state index contributed by atoms with van der Waals surface area (Å²) < 4.78 is 5.27. The van der Waals surface area contributed by atoms with E-state index in [0.29, 0.717) is 12.1 Å². The van der Waals surface area contributed by atoms with E-state index in [1.54, 1.807) is 18.9 Å². The summed E-state index contributed by atoms with van der Waals surface area (Å²) in [5, 5.41) is 0. The Kier molecular flexibility index (Phi) is 7.57. The van der Waals surface area contributed by atoms with Crippen LogP contribution in [0.3, 0.4) is 0 Å². The van der Waals surface area contributed by atoms with E-state index in [2.05, 4.69) is 93.3 Å². The van der Waals surface area contributed by atoms with Crippen molar-refractivity contribution >= 4 is 29.2 Å². The topological polar surface area (TPSA) is 12.5 Å². The first-order chi connectivity index (χ1) is 14.0. The number of rotatable bonds is 8. The quantitative estimate of drug-likeness (QED) is 0.369. The molecule has 0 saturated heterocycles. The molecule has 29 heavy (non-hydrogen) atoms. The van der Waals surface area contributed by atoms with Gasteiger partial charge in [0.25, 0.3) is 0 Å². The first kappa shape index (κ1) is 21.7. The SMILES string of the molecule is COc1ccc(Sc2ccccc2Sc2cccc(N(C(C)C)C(C)C)c2)cc1. The number of anilines is 1. The molecular weight excluding hydrogens is 394 g/mol. The molecule has 0 radical (unpaired) electrons. The summed E-state index contributed by atoms with van der Waals surface area (Å²) >= 11 is 3.61. The average molecular weight is 424 g/mol. The van der Waals surface area contributed by atoms with Crippen molar-refractivity contribution in [3.63, 3.8) is 0 Å². The number of hydrogen-bond acceptors (Lipinski definition) is 4. The minimum Gasteiger partial charge on any atom is -0.497 e. The van der Waals surface area contributed by atoms with Gasteiger partial charge >= 0.3 is 0 Å². The van der Waals surface area contributed by atoms with Crippen LogP contribution in [0.1, 0.15) is 27.7 Å². The maximum absolute atomic E-state index is 5.27. The van der Waals surface area contributed by atoms with Gasteiger partial charge in [-0.15, -0.1) is 0 Å². The molecule has 4 heteroatoms. The van der Waals surface area contributed by atoms with Gasteiger partial charge in [0.2, 0.25) is 0 Å². The van der Waals surface area contributed by atoms with E-state index in [-0.39, 0.29) is 0 Å². The lowest BCUT2D eigenvalue weighted by atomic mass is 10.2. The summed E-state index contributed by atoms with van der Waals surface area (Å²) in [5.74, 6) is 0.883. The molecule has 3 aromatic carbocycles. The number of benzene rings is 3. The van der Waals surface area contributed by atoms with Gasteiger partial charge < -0.3 is 9.64 Å². The molecule has 0 bridgehead atoms. The number of hydrogen-bond donors (Lipinski definition) is 0. The molecule has 152 valence electrons. The average Bonchev–Trinajstić information content (AvgIpc) is 2.70. The second-order valence-corrected chi connectivity index (χ2v) is 9.65. The van der Waals surface area contributed by atoms with Crippen molar-refractivity contribution in [2.24, 2.45) is 0 Å². The molecule has 3 aromatic rings. The van der Waals surface area contributed by atoms with Crippen LogP contribution in [0.4, 0.5) is 5.69 Å². The summed E-state index contributed by atoms with van der Waals surface area (Å²) in [6.45, 7) is 9.00. The molecule has 0 fully saturated rings. The predicted octanol–water partition coefficient (Wildman–Crippen LogP) is 7.62. The van der Waals surface area contributed by atoms with Crippen molar-refractivity contribution in [1.82, 2.24) is 0 Å². The van der Waals surface area contributed by atoms with Crippen LogP contribution in [0.15, 0.2) is 92.4 Å². The van der Waals surface area contributed by atoms with Crippen LogP contribution in [0, 0.1) is 0 Å². The number of nitrogens with zero attached hydrogens (tertiary/aromatic N) is 1. The summed E-state index contributed by atoms with van der Waals surface area (Å²) in [4.78, 5) is 7.46. The minimum atomic E-state index is 0.466. The lowest BCUT2D eigenvalue weighted by Crippen LogP contribution is -2.36. The number of ether oxygens (including phenoxy) is 1. The third-order valence-corrected chi connectivity index (χ3v) is 6.87. The second kappa shape index (κ2) is 10.1. The zero-order chi connectivity index (χ0) is 20.8. The molecule has 0 aliphatic carbocycles. The van der Waals surface area contributed by atoms with E-state index in [4.69, 9.17) is 4.74 Å². The Balaban J connectivity index is 1.83. The maximum atomic E-state index is 5.27. The highest BCUT2D eigenvalue weighted by molar-refractivity contribution is 8.02. The van der Waals surface area contributed by atoms with E-state index in [1.165, 1.54) is 25.3 Å². The molecule has 0 unspecified atom stereocenters. The van der Waals surface area contributed by atoms with Crippen LogP contribution in [0.5, 0.6) is 5.75 Å². The van der Waals surface area contributed by atoms with Gasteiger partial charge in [0.15, 0.2) is 0 Å². The van der Waals surface area contributed by atoms with Gasteiger partial charge in [0.1, 0.15) is 5.75 Å². The molecule has 3 rings (SSSR count). The Bertz CT molecular complexity index is 914. The minimum absolute atomic E-state index is 0.466. The van der Waals surface area contributed by atoms with Crippen molar-refractivity contribution in [3.8, 4) is 5.75 Å². The van der Waals surface area contributed by atoms with E-state index < -0.39 is 0 Å². The van der Waals surface area contributed by atoms with E-state index in [0.717, 1.165) is 5.75 Å². The highest BCUT2D eigenvalue weighted by Crippen LogP contribution is 2.40. The molecule has 0 amide bonds. The van der Waals surface area contributed by atoms with E-state index in [1.807, 2.05) is 23.9 Å². The van der Waals surface area contributed by atoms with Crippen molar-refractivity contribution in [2.45, 2.75) is 59.4 Å². The fraction of sp³-hybridized carbons (Fsp3) is 0.280. The molecule has 0 heterocycles. The van der Waals surface area contributed by atoms with Crippen LogP contribution in [-0.4, -0.2) is 19.2 Å². The molecular formula is C25H29NOS2. The third-order valence-electron chi connectivity index (χ3n) is 4.59. The fourth-order valence-corrected chi connectivity index (χ4v) is 5.40. The van der Waals surface area contributed by atoms with Crippen molar-refractivity contribution in [3.05, 3.63) is 72.8 Å². The Morgan fingerprint density at radius 3 is 1.83 bits per heavy atom. The van der Waals surface area contributed by atoms with Crippen LogP contribution < -0.4 is 9.64 Å². The summed E-state index contributed by atoms with van der Waals surface area (Å²) in [6.07, 6.45) is 0. The van der Waals surface area contributed by atoms with Crippen molar-refractivity contribution < 1.29 is 4.74 Å². The first-order valence-corrected chi connectivity index (χ1v) is 11.6. The monoisotopic (exact) mass is 423 g/mol. The van der Waals surface area contributed by atoms with Gasteiger partial charge in [0.05, 0.1) is 7.11 Å². The standard InChI is InChI=1S/C25H29NOS2/c1-18(2)26(19(3)4)20-9-8-10-23(17-20)29-25-12-7-6-11-24(25)28-22-15-13-21(27-5)14-16-22/h6-19H,1-5H3. The Morgan fingerprint density at radius 1 is 0.690 bits per heavy atom. The number of methoxy groups -OCH3 is 1. The first-order valence-electron chi connectivity index (χ1n) is 9.95. The van der Waals surface area contributed by atoms with Crippen LogP contribution in [0.2, 0.25) is 0 Å². The van der Waals surface area contributed by atoms with Crippen LogP contribution >= 0.6 is 23.5 Å². The molecule has 0 aromatic heterocycles. The van der Waals surface area contributed by atoms with Gasteiger partial charge in [-0.1, -0.05) is 41.7 Å². The van der Waals surface area contributed by atoms with E-state index >= 15 is 0 Å². The highest BCUT2D eigenvalue weighted by Gasteiger charge is 2.15. The summed E-state index contributed by atoms with van der Waals surface area (Å²) in [7, 11) is 1.70. The largest absolute Gasteiger partial charge is 0.497 e. The molecule has 0 aliphatic heterocycles. The van der Waals surface area contributed by atoms with Gasteiger partial charge in [-0.3, -0.25) is 0 Å². The summed E-state index contributed by atoms with van der Waals surface area (Å²) in [5.41, 5.74) is 1.28. The Hall–Kier alpha value is -2.04. The zero-order valence-corrected chi connectivity index (χ0v) is 19.4.